The van der Waals surface area contributed by atoms with Crippen molar-refractivity contribution in [1.29, 1.82) is 0 Å². The van der Waals surface area contributed by atoms with Crippen molar-refractivity contribution in [2.24, 2.45) is 0 Å². The minimum Gasteiger partial charge on any atom is -0.306 e. The summed E-state index contributed by atoms with van der Waals surface area (Å²) in [5.41, 5.74) is 0.628. The number of hydrogen-bond donors (Lipinski definition) is 2. The molecule has 2 aromatic rings. The Hall–Kier alpha value is -2.21. The lowest BCUT2D eigenvalue weighted by Crippen LogP contribution is -2.26. The van der Waals surface area contributed by atoms with E-state index in [4.69, 9.17) is 11.6 Å². The van der Waals surface area contributed by atoms with E-state index >= 15 is 0 Å². The Labute approximate surface area is 113 Å². The van der Waals surface area contributed by atoms with Crippen LogP contribution in [0.5, 0.6) is 0 Å². The number of nitrogens with one attached hydrogen (secondary N) is 2. The lowest BCUT2D eigenvalue weighted by molar-refractivity contribution is 0.102. The van der Waals surface area contributed by atoms with Crippen LogP contribution in [0, 0.1) is 13.8 Å². The van der Waals surface area contributed by atoms with Crippen LogP contribution in [0.1, 0.15) is 21.6 Å². The molecule has 0 aromatic carbocycles. The van der Waals surface area contributed by atoms with Crippen LogP contribution >= 0.6 is 11.6 Å². The zero-order valence-corrected chi connectivity index (χ0v) is 11.1. The van der Waals surface area contributed by atoms with E-state index in [9.17, 15) is 9.59 Å². The number of carbonyl (C=O) groups excluding carboxylic acids is 1. The molecule has 2 N–H and O–H groups in total. The number of rotatable bonds is 2. The van der Waals surface area contributed by atoms with Crippen LogP contribution in [0.3, 0.4) is 0 Å². The van der Waals surface area contributed by atoms with Gasteiger partial charge in [-0.15, -0.1) is 0 Å². The van der Waals surface area contributed by atoms with Gasteiger partial charge < -0.3 is 5.32 Å². The molecule has 98 valence electrons. The number of H-pyrrole nitrogens is 1. The van der Waals surface area contributed by atoms with Crippen LogP contribution in [-0.2, 0) is 0 Å². The SMILES string of the molecule is Cc1n[nH]c(=O)c(C(=O)Nc2ccc(Cl)cn2)c1C. The molecule has 0 bridgehead atoms. The first-order valence-electron chi connectivity index (χ1n) is 5.48. The van der Waals surface area contributed by atoms with Crippen LogP contribution in [0.25, 0.3) is 0 Å². The van der Waals surface area contributed by atoms with Gasteiger partial charge in [0.2, 0.25) is 0 Å². The lowest BCUT2D eigenvalue weighted by atomic mass is 10.1. The van der Waals surface area contributed by atoms with Gasteiger partial charge in [-0.25, -0.2) is 10.1 Å². The zero-order valence-electron chi connectivity index (χ0n) is 10.3. The molecule has 0 saturated heterocycles. The van der Waals surface area contributed by atoms with Crippen molar-refractivity contribution in [2.45, 2.75) is 13.8 Å². The average Bonchev–Trinajstić information content (AvgIpc) is 2.37. The number of anilines is 1. The second-order valence-electron chi connectivity index (χ2n) is 3.95. The van der Waals surface area contributed by atoms with Crippen molar-refractivity contribution in [3.05, 3.63) is 50.5 Å². The normalized spacial score (nSPS) is 10.3. The van der Waals surface area contributed by atoms with Gasteiger partial charge in [0.05, 0.1) is 10.7 Å². The highest BCUT2D eigenvalue weighted by molar-refractivity contribution is 6.30. The third-order valence-electron chi connectivity index (χ3n) is 2.67. The molecule has 0 fully saturated rings. The van der Waals surface area contributed by atoms with Gasteiger partial charge in [-0.2, -0.15) is 5.10 Å². The third kappa shape index (κ3) is 2.79. The maximum absolute atomic E-state index is 12.1. The van der Waals surface area contributed by atoms with E-state index in [2.05, 4.69) is 20.5 Å². The summed E-state index contributed by atoms with van der Waals surface area (Å²) in [5, 5.41) is 9.07. The molecule has 2 aromatic heterocycles. The van der Waals surface area contributed by atoms with Crippen LogP contribution in [0.4, 0.5) is 5.82 Å². The monoisotopic (exact) mass is 278 g/mol. The van der Waals surface area contributed by atoms with Gasteiger partial charge in [-0.3, -0.25) is 9.59 Å². The first-order chi connectivity index (χ1) is 8.99. The van der Waals surface area contributed by atoms with Gasteiger partial charge in [-0.1, -0.05) is 11.6 Å². The van der Waals surface area contributed by atoms with Gasteiger partial charge in [0.25, 0.3) is 11.5 Å². The molecule has 2 rings (SSSR count). The summed E-state index contributed by atoms with van der Waals surface area (Å²) in [6, 6.07) is 3.15. The maximum atomic E-state index is 12.1. The summed E-state index contributed by atoms with van der Waals surface area (Å²) in [4.78, 5) is 27.7. The van der Waals surface area contributed by atoms with Crippen LogP contribution < -0.4 is 10.9 Å². The number of pyridine rings is 1. The molecule has 0 radical (unpaired) electrons. The Morgan fingerprint density at radius 2 is 2.11 bits per heavy atom. The number of nitrogens with zero attached hydrogens (tertiary/aromatic N) is 2. The molecule has 0 saturated carbocycles. The highest BCUT2D eigenvalue weighted by Crippen LogP contribution is 2.11. The average molecular weight is 279 g/mol. The molecule has 0 spiro atoms. The van der Waals surface area contributed by atoms with Crippen LogP contribution in [0.15, 0.2) is 23.1 Å². The second-order valence-corrected chi connectivity index (χ2v) is 4.39. The first kappa shape index (κ1) is 13.2. The fourth-order valence-electron chi connectivity index (χ4n) is 1.53. The van der Waals surface area contributed by atoms with Crippen molar-refractivity contribution in [1.82, 2.24) is 15.2 Å². The quantitative estimate of drug-likeness (QED) is 0.875. The number of aromatic amines is 1. The van der Waals surface area contributed by atoms with Crippen molar-refractivity contribution in [3.63, 3.8) is 0 Å². The largest absolute Gasteiger partial charge is 0.306 e. The summed E-state index contributed by atoms with van der Waals surface area (Å²) in [6.07, 6.45) is 1.41. The van der Waals surface area contributed by atoms with Crippen molar-refractivity contribution in [2.75, 3.05) is 5.32 Å². The lowest BCUT2D eigenvalue weighted by Gasteiger charge is -2.07. The Bertz CT molecular complexity index is 679. The fraction of sp³-hybridized carbons (Fsp3) is 0.167. The maximum Gasteiger partial charge on any atom is 0.277 e. The van der Waals surface area contributed by atoms with E-state index in [1.165, 1.54) is 6.20 Å². The number of hydrogen-bond acceptors (Lipinski definition) is 4. The summed E-state index contributed by atoms with van der Waals surface area (Å²) >= 11 is 5.70. The molecule has 7 heteroatoms. The first-order valence-corrected chi connectivity index (χ1v) is 5.85. The molecular formula is C12H11ClN4O2. The number of aromatic nitrogens is 3. The zero-order chi connectivity index (χ0) is 14.0. The molecule has 6 nitrogen and oxygen atoms in total. The Morgan fingerprint density at radius 1 is 1.37 bits per heavy atom. The van der Waals surface area contributed by atoms with Crippen LogP contribution in [0.2, 0.25) is 5.02 Å². The molecule has 0 aliphatic carbocycles. The van der Waals surface area contributed by atoms with Gasteiger partial charge >= 0.3 is 0 Å². The third-order valence-corrected chi connectivity index (χ3v) is 2.89. The summed E-state index contributed by atoms with van der Waals surface area (Å²) in [7, 11) is 0. The summed E-state index contributed by atoms with van der Waals surface area (Å²) in [5.74, 6) is -0.207. The summed E-state index contributed by atoms with van der Waals surface area (Å²) in [6.45, 7) is 3.38. The molecule has 0 aliphatic rings. The standard InChI is InChI=1S/C12H11ClN4O2/c1-6-7(2)16-17-12(19)10(6)11(18)15-9-4-3-8(13)5-14-9/h3-5H,1-2H3,(H,17,19)(H,14,15,18). The fourth-order valence-corrected chi connectivity index (χ4v) is 1.64. The smallest absolute Gasteiger partial charge is 0.277 e. The van der Waals surface area contributed by atoms with E-state index in [0.29, 0.717) is 22.1 Å². The van der Waals surface area contributed by atoms with Crippen LogP contribution in [-0.4, -0.2) is 21.1 Å². The number of halogens is 1. The highest BCUT2D eigenvalue weighted by atomic mass is 35.5. The van der Waals surface area contributed by atoms with E-state index in [0.717, 1.165) is 0 Å². The van der Waals surface area contributed by atoms with Gasteiger partial charge in [0.15, 0.2) is 0 Å². The molecule has 0 unspecified atom stereocenters. The topological polar surface area (TPSA) is 87.7 Å². The summed E-state index contributed by atoms with van der Waals surface area (Å²) < 4.78 is 0. The minimum atomic E-state index is -0.533. The number of aryl methyl sites for hydroxylation is 1. The highest BCUT2D eigenvalue weighted by Gasteiger charge is 2.16. The molecule has 2 heterocycles. The Balaban J connectivity index is 2.33. The predicted octanol–water partition coefficient (Wildman–Crippen LogP) is 1.69. The predicted molar refractivity (Wildman–Crippen MR) is 71.5 cm³/mol. The molecular weight excluding hydrogens is 268 g/mol. The van der Waals surface area contributed by atoms with Crippen molar-refractivity contribution < 1.29 is 4.79 Å². The van der Waals surface area contributed by atoms with Crippen molar-refractivity contribution >= 4 is 23.3 Å². The molecule has 0 atom stereocenters. The van der Waals surface area contributed by atoms with E-state index in [-0.39, 0.29) is 5.56 Å². The number of amides is 1. The van der Waals surface area contributed by atoms with Gasteiger partial charge in [0.1, 0.15) is 11.4 Å². The number of carbonyl (C=O) groups is 1. The van der Waals surface area contributed by atoms with E-state index < -0.39 is 11.5 Å². The Kier molecular flexibility index (Phi) is 3.62. The molecule has 0 aliphatic heterocycles. The van der Waals surface area contributed by atoms with E-state index in [1.54, 1.807) is 26.0 Å². The Morgan fingerprint density at radius 3 is 2.74 bits per heavy atom. The second kappa shape index (κ2) is 5.19. The van der Waals surface area contributed by atoms with Gasteiger partial charge in [0, 0.05) is 6.20 Å². The van der Waals surface area contributed by atoms with Crippen molar-refractivity contribution in [3.8, 4) is 0 Å². The minimum absolute atomic E-state index is 0.0317. The van der Waals surface area contributed by atoms with Gasteiger partial charge in [-0.05, 0) is 31.5 Å². The van der Waals surface area contributed by atoms with E-state index in [1.807, 2.05) is 0 Å². The molecule has 19 heavy (non-hydrogen) atoms. The molecule has 1 amide bonds.